The van der Waals surface area contributed by atoms with Crippen LogP contribution in [0, 0.1) is 0 Å². The lowest BCUT2D eigenvalue weighted by Crippen LogP contribution is -2.50. The van der Waals surface area contributed by atoms with Crippen molar-refractivity contribution in [3.05, 3.63) is 71.3 Å². The Hall–Kier alpha value is -2.67. The van der Waals surface area contributed by atoms with E-state index in [-0.39, 0.29) is 36.1 Å². The third kappa shape index (κ3) is 6.02. The van der Waals surface area contributed by atoms with Gasteiger partial charge in [-0.15, -0.1) is 0 Å². The summed E-state index contributed by atoms with van der Waals surface area (Å²) in [6, 6.07) is 16.8. The van der Waals surface area contributed by atoms with E-state index < -0.39 is 15.8 Å². The molecule has 0 N–H and O–H groups in total. The second kappa shape index (κ2) is 10.5. The van der Waals surface area contributed by atoms with Gasteiger partial charge < -0.3 is 9.64 Å². The monoisotopic (exact) mass is 469 g/mol. The molecular formula is C26H31NO5S. The van der Waals surface area contributed by atoms with Crippen molar-refractivity contribution >= 4 is 21.7 Å². The van der Waals surface area contributed by atoms with Crippen LogP contribution in [0.5, 0.6) is 0 Å². The molecule has 0 unspecified atom stereocenters. The SMILES string of the molecule is O=C(OCC(=O)N(C1CCCCC1)[C@H]1CCS(=O)(=O)C1)c1ccccc1Cc1ccccc1. The second-order valence-corrected chi connectivity index (χ2v) is 11.3. The molecule has 1 amide bonds. The summed E-state index contributed by atoms with van der Waals surface area (Å²) < 4.78 is 29.6. The van der Waals surface area contributed by atoms with Gasteiger partial charge in [0.1, 0.15) is 0 Å². The highest BCUT2D eigenvalue weighted by atomic mass is 32.2. The zero-order valence-corrected chi connectivity index (χ0v) is 19.6. The van der Waals surface area contributed by atoms with Crippen molar-refractivity contribution in [2.75, 3.05) is 18.1 Å². The summed E-state index contributed by atoms with van der Waals surface area (Å²) in [6.45, 7) is -0.369. The van der Waals surface area contributed by atoms with Crippen LogP contribution in [0.25, 0.3) is 0 Å². The van der Waals surface area contributed by atoms with Crippen LogP contribution in [0.4, 0.5) is 0 Å². The Balaban J connectivity index is 1.45. The minimum atomic E-state index is -3.12. The summed E-state index contributed by atoms with van der Waals surface area (Å²) in [4.78, 5) is 27.8. The predicted molar refractivity (Wildman–Crippen MR) is 127 cm³/mol. The van der Waals surface area contributed by atoms with Gasteiger partial charge >= 0.3 is 5.97 Å². The molecule has 1 saturated carbocycles. The van der Waals surface area contributed by atoms with Crippen molar-refractivity contribution in [1.29, 1.82) is 0 Å². The lowest BCUT2D eigenvalue weighted by molar-refractivity contribution is -0.140. The van der Waals surface area contributed by atoms with E-state index in [9.17, 15) is 18.0 Å². The highest BCUT2D eigenvalue weighted by molar-refractivity contribution is 7.91. The molecule has 176 valence electrons. The van der Waals surface area contributed by atoms with Crippen LogP contribution in [-0.2, 0) is 25.8 Å². The minimum Gasteiger partial charge on any atom is -0.452 e. The van der Waals surface area contributed by atoms with E-state index in [4.69, 9.17) is 4.74 Å². The van der Waals surface area contributed by atoms with Crippen LogP contribution < -0.4 is 0 Å². The Morgan fingerprint density at radius 2 is 1.58 bits per heavy atom. The zero-order chi connectivity index (χ0) is 23.3. The lowest BCUT2D eigenvalue weighted by Gasteiger charge is -2.38. The van der Waals surface area contributed by atoms with Crippen LogP contribution in [-0.4, -0.2) is 55.4 Å². The Morgan fingerprint density at radius 1 is 0.879 bits per heavy atom. The summed E-state index contributed by atoms with van der Waals surface area (Å²) in [5.74, 6) is -0.709. The van der Waals surface area contributed by atoms with E-state index in [1.54, 1.807) is 17.0 Å². The highest BCUT2D eigenvalue weighted by Gasteiger charge is 2.38. The van der Waals surface area contributed by atoms with E-state index in [0.717, 1.165) is 43.2 Å². The molecule has 1 saturated heterocycles. The molecule has 1 aliphatic heterocycles. The van der Waals surface area contributed by atoms with Crippen molar-refractivity contribution in [3.63, 3.8) is 0 Å². The maximum absolute atomic E-state index is 13.2. The van der Waals surface area contributed by atoms with E-state index in [0.29, 0.717) is 18.4 Å². The summed E-state index contributed by atoms with van der Waals surface area (Å²) in [5.41, 5.74) is 2.37. The molecule has 1 atom stereocenters. The fraction of sp³-hybridized carbons (Fsp3) is 0.462. The number of hydrogen-bond donors (Lipinski definition) is 0. The molecule has 0 radical (unpaired) electrons. The molecule has 0 bridgehead atoms. The lowest BCUT2D eigenvalue weighted by atomic mass is 9.93. The molecule has 7 heteroatoms. The molecule has 2 aromatic rings. The summed E-state index contributed by atoms with van der Waals surface area (Å²) in [7, 11) is -3.12. The van der Waals surface area contributed by atoms with Crippen molar-refractivity contribution in [3.8, 4) is 0 Å². The number of ether oxygens (including phenoxy) is 1. The van der Waals surface area contributed by atoms with Crippen molar-refractivity contribution < 1.29 is 22.7 Å². The predicted octanol–water partition coefficient (Wildman–Crippen LogP) is 3.78. The van der Waals surface area contributed by atoms with Crippen LogP contribution >= 0.6 is 0 Å². The van der Waals surface area contributed by atoms with Crippen LogP contribution in [0.3, 0.4) is 0 Å². The largest absolute Gasteiger partial charge is 0.452 e. The third-order valence-electron chi connectivity index (χ3n) is 6.66. The number of esters is 1. The van der Waals surface area contributed by atoms with Gasteiger partial charge in [0.2, 0.25) is 0 Å². The maximum atomic E-state index is 13.2. The highest BCUT2D eigenvalue weighted by Crippen LogP contribution is 2.28. The fourth-order valence-corrected chi connectivity index (χ4v) is 6.74. The molecule has 33 heavy (non-hydrogen) atoms. The first-order valence-electron chi connectivity index (χ1n) is 11.7. The first-order chi connectivity index (χ1) is 15.9. The number of carbonyl (C=O) groups is 2. The molecular weight excluding hydrogens is 438 g/mol. The molecule has 1 aliphatic carbocycles. The average molecular weight is 470 g/mol. The van der Waals surface area contributed by atoms with Crippen LogP contribution in [0.2, 0.25) is 0 Å². The molecule has 1 heterocycles. The van der Waals surface area contributed by atoms with Gasteiger partial charge in [-0.25, -0.2) is 13.2 Å². The van der Waals surface area contributed by atoms with Crippen molar-refractivity contribution in [2.45, 2.75) is 57.0 Å². The third-order valence-corrected chi connectivity index (χ3v) is 8.41. The standard InChI is InChI=1S/C26H31NO5S/c28-25(27(22-12-5-2-6-13-22)23-15-16-33(30,31)19-23)18-32-26(29)24-14-8-7-11-21(24)17-20-9-3-1-4-10-20/h1,3-4,7-11,14,22-23H,2,5-6,12-13,15-19H2/t23-/m0/s1. The van der Waals surface area contributed by atoms with E-state index in [1.807, 2.05) is 42.5 Å². The number of carbonyl (C=O) groups excluding carboxylic acids is 2. The van der Waals surface area contributed by atoms with Crippen LogP contribution in [0.15, 0.2) is 54.6 Å². The molecule has 2 aromatic carbocycles. The molecule has 0 spiro atoms. The Morgan fingerprint density at radius 3 is 2.27 bits per heavy atom. The van der Waals surface area contributed by atoms with Gasteiger partial charge in [-0.2, -0.15) is 0 Å². The van der Waals surface area contributed by atoms with Gasteiger partial charge in [-0.1, -0.05) is 67.8 Å². The number of hydrogen-bond acceptors (Lipinski definition) is 5. The molecule has 4 rings (SSSR count). The topological polar surface area (TPSA) is 80.8 Å². The second-order valence-electron chi connectivity index (χ2n) is 9.05. The normalized spacial score (nSPS) is 20.3. The number of amides is 1. The van der Waals surface area contributed by atoms with Gasteiger partial charge in [0.25, 0.3) is 5.91 Å². The van der Waals surface area contributed by atoms with Gasteiger partial charge in [-0.3, -0.25) is 4.79 Å². The average Bonchev–Trinajstić information content (AvgIpc) is 3.18. The molecule has 6 nitrogen and oxygen atoms in total. The summed E-state index contributed by atoms with van der Waals surface area (Å²) in [5, 5.41) is 0. The molecule has 0 aromatic heterocycles. The van der Waals surface area contributed by atoms with Gasteiger partial charge in [0.05, 0.1) is 17.1 Å². The Labute approximate surface area is 195 Å². The number of benzene rings is 2. The summed E-state index contributed by atoms with van der Waals surface area (Å²) >= 11 is 0. The molecule has 2 fully saturated rings. The fourth-order valence-electron chi connectivity index (χ4n) is 5.03. The van der Waals surface area contributed by atoms with Gasteiger partial charge in [-0.05, 0) is 42.9 Å². The van der Waals surface area contributed by atoms with Crippen molar-refractivity contribution in [1.82, 2.24) is 4.90 Å². The number of rotatable bonds is 7. The molecule has 2 aliphatic rings. The smallest absolute Gasteiger partial charge is 0.338 e. The Bertz CT molecular complexity index is 1080. The van der Waals surface area contributed by atoms with E-state index >= 15 is 0 Å². The van der Waals surface area contributed by atoms with Crippen LogP contribution in [0.1, 0.15) is 60.0 Å². The zero-order valence-electron chi connectivity index (χ0n) is 18.8. The quantitative estimate of drug-likeness (QED) is 0.577. The number of sulfone groups is 1. The minimum absolute atomic E-state index is 0.00307. The van der Waals surface area contributed by atoms with Gasteiger partial charge in [0.15, 0.2) is 16.4 Å². The van der Waals surface area contributed by atoms with E-state index in [2.05, 4.69) is 0 Å². The van der Waals surface area contributed by atoms with E-state index in [1.165, 1.54) is 0 Å². The van der Waals surface area contributed by atoms with Gasteiger partial charge in [0, 0.05) is 12.1 Å². The first kappa shape index (κ1) is 23.5. The summed E-state index contributed by atoms with van der Waals surface area (Å²) in [6.07, 6.45) is 5.98. The first-order valence-corrected chi connectivity index (χ1v) is 13.6. The maximum Gasteiger partial charge on any atom is 0.338 e. The van der Waals surface area contributed by atoms with Crippen molar-refractivity contribution in [2.24, 2.45) is 0 Å². The Kier molecular flexibility index (Phi) is 7.48. The number of nitrogens with zero attached hydrogens (tertiary/aromatic N) is 1.